The number of aromatic nitrogens is 7. The predicted molar refractivity (Wildman–Crippen MR) is 112 cm³/mol. The summed E-state index contributed by atoms with van der Waals surface area (Å²) in [5.41, 5.74) is 4.64. The average Bonchev–Trinajstić information content (AvgIpc) is 3.49. The van der Waals surface area contributed by atoms with Crippen LogP contribution < -0.4 is 0 Å². The molecule has 4 heterocycles. The van der Waals surface area contributed by atoms with Gasteiger partial charge in [-0.05, 0) is 25.3 Å². The van der Waals surface area contributed by atoms with Gasteiger partial charge in [0.25, 0.3) is 0 Å². The number of aryl methyl sites for hydroxylation is 1. The Hall–Kier alpha value is -3.00. The topological polar surface area (TPSA) is 75.1 Å². The molecule has 0 saturated heterocycles. The molecule has 4 rings (SSSR count). The third kappa shape index (κ3) is 3.93. The molecule has 0 aromatic carbocycles. The van der Waals surface area contributed by atoms with Gasteiger partial charge in [0, 0.05) is 43.8 Å². The van der Waals surface area contributed by atoms with Gasteiger partial charge in [-0.1, -0.05) is 13.8 Å². The Morgan fingerprint density at radius 2 is 1.83 bits per heavy atom. The number of hydrogen-bond acceptors (Lipinski definition) is 5. The number of methoxy groups -OCH3 is 1. The minimum atomic E-state index is 0.401. The van der Waals surface area contributed by atoms with Gasteiger partial charge < -0.3 is 4.74 Å². The second-order valence-electron chi connectivity index (χ2n) is 7.15. The second-order valence-corrected chi connectivity index (χ2v) is 7.15. The number of rotatable bonds is 9. The first kappa shape index (κ1) is 19.3. The van der Waals surface area contributed by atoms with Crippen LogP contribution in [0.3, 0.4) is 0 Å². The molecule has 4 aromatic rings. The van der Waals surface area contributed by atoms with Crippen molar-refractivity contribution in [1.82, 2.24) is 34.2 Å². The maximum Gasteiger partial charge on any atom is 0.0999 e. The lowest BCUT2D eigenvalue weighted by Gasteiger charge is -2.12. The summed E-state index contributed by atoms with van der Waals surface area (Å²) in [5, 5.41) is 13.5. The van der Waals surface area contributed by atoms with Crippen LogP contribution >= 0.6 is 0 Å². The van der Waals surface area contributed by atoms with Gasteiger partial charge in [-0.2, -0.15) is 15.3 Å². The van der Waals surface area contributed by atoms with Crippen LogP contribution in [0.15, 0.2) is 43.2 Å². The van der Waals surface area contributed by atoms with E-state index in [0.29, 0.717) is 6.04 Å². The van der Waals surface area contributed by atoms with Crippen LogP contribution in [-0.4, -0.2) is 47.9 Å². The van der Waals surface area contributed by atoms with Crippen LogP contribution in [0.1, 0.15) is 39.2 Å². The van der Waals surface area contributed by atoms with Gasteiger partial charge in [0.2, 0.25) is 0 Å². The maximum absolute atomic E-state index is 5.12. The monoisotopic (exact) mass is 393 g/mol. The van der Waals surface area contributed by atoms with E-state index in [-0.39, 0.29) is 0 Å². The van der Waals surface area contributed by atoms with E-state index in [1.807, 2.05) is 44.7 Å². The molecule has 0 atom stereocenters. The first-order valence-electron chi connectivity index (χ1n) is 10.1. The Balaban J connectivity index is 1.70. The normalized spacial score (nSPS) is 11.7. The van der Waals surface area contributed by atoms with Crippen LogP contribution in [0.5, 0.6) is 0 Å². The third-order valence-electron chi connectivity index (χ3n) is 5.25. The van der Waals surface area contributed by atoms with Gasteiger partial charge in [-0.3, -0.25) is 9.36 Å². The number of nitrogens with zero attached hydrogens (tertiary/aromatic N) is 7. The minimum Gasteiger partial charge on any atom is -0.385 e. The second kappa shape index (κ2) is 8.57. The molecule has 8 nitrogen and oxygen atoms in total. The smallest absolute Gasteiger partial charge is 0.0999 e. The summed E-state index contributed by atoms with van der Waals surface area (Å²) in [7, 11) is 1.71. The van der Waals surface area contributed by atoms with Crippen molar-refractivity contribution >= 4 is 5.52 Å². The van der Waals surface area contributed by atoms with E-state index in [4.69, 9.17) is 9.72 Å². The molecule has 4 aromatic heterocycles. The van der Waals surface area contributed by atoms with Gasteiger partial charge in [0.1, 0.15) is 0 Å². The van der Waals surface area contributed by atoms with Crippen LogP contribution in [0, 0.1) is 0 Å². The zero-order valence-electron chi connectivity index (χ0n) is 17.2. The van der Waals surface area contributed by atoms with Gasteiger partial charge >= 0.3 is 0 Å². The molecule has 0 N–H and O–H groups in total. The fraction of sp³-hybridized carbons (Fsp3) is 0.429. The summed E-state index contributed by atoms with van der Waals surface area (Å²) in [4.78, 5) is 4.96. The Kier molecular flexibility index (Phi) is 5.71. The average molecular weight is 393 g/mol. The molecule has 0 bridgehead atoms. The van der Waals surface area contributed by atoms with Crippen LogP contribution in [0.25, 0.3) is 28.0 Å². The largest absolute Gasteiger partial charge is 0.385 e. The SMILES string of the molecule is CCC(CC)n1cc(-c2nc(-c3cnn(CCCOC)c3)cn3nccc23)cn1. The summed E-state index contributed by atoms with van der Waals surface area (Å²) in [6.07, 6.45) is 14.6. The van der Waals surface area contributed by atoms with E-state index < -0.39 is 0 Å². The molecule has 0 amide bonds. The van der Waals surface area contributed by atoms with Crippen molar-refractivity contribution in [2.45, 2.75) is 45.7 Å². The fourth-order valence-electron chi connectivity index (χ4n) is 3.59. The van der Waals surface area contributed by atoms with E-state index >= 15 is 0 Å². The molecule has 29 heavy (non-hydrogen) atoms. The molecule has 0 aliphatic rings. The summed E-state index contributed by atoms with van der Waals surface area (Å²) in [6.45, 7) is 5.91. The highest BCUT2D eigenvalue weighted by molar-refractivity contribution is 5.78. The standard InChI is InChI=1S/C21H27N7O/c1-4-18(5-2)27-14-17(12-24-27)21-20-7-8-22-28(20)15-19(25-21)16-11-23-26(13-16)9-6-10-29-3/h7-8,11-15,18H,4-6,9-10H2,1-3H3. The molecule has 0 aliphatic heterocycles. The first-order chi connectivity index (χ1) is 14.2. The molecule has 152 valence electrons. The minimum absolute atomic E-state index is 0.401. The summed E-state index contributed by atoms with van der Waals surface area (Å²) < 4.78 is 11.0. The van der Waals surface area contributed by atoms with Gasteiger partial charge in [-0.25, -0.2) is 9.50 Å². The van der Waals surface area contributed by atoms with Crippen molar-refractivity contribution in [2.75, 3.05) is 13.7 Å². The summed E-state index contributed by atoms with van der Waals surface area (Å²) >= 11 is 0. The number of ether oxygens (including phenoxy) is 1. The maximum atomic E-state index is 5.12. The van der Waals surface area contributed by atoms with E-state index in [9.17, 15) is 0 Å². The molecule has 8 heteroatoms. The molecule has 0 fully saturated rings. The Labute approximate surface area is 170 Å². The highest BCUT2D eigenvalue weighted by atomic mass is 16.5. The molecule has 0 radical (unpaired) electrons. The van der Waals surface area contributed by atoms with Crippen molar-refractivity contribution in [1.29, 1.82) is 0 Å². The van der Waals surface area contributed by atoms with Gasteiger partial charge in [0.05, 0.1) is 47.7 Å². The zero-order valence-corrected chi connectivity index (χ0v) is 17.2. The fourth-order valence-corrected chi connectivity index (χ4v) is 3.59. The van der Waals surface area contributed by atoms with Gasteiger partial charge in [0.15, 0.2) is 0 Å². The Bertz CT molecular complexity index is 1070. The van der Waals surface area contributed by atoms with Crippen LogP contribution in [-0.2, 0) is 11.3 Å². The molecule has 0 aliphatic carbocycles. The molecular formula is C21H27N7O. The number of fused-ring (bicyclic) bond motifs is 1. The molecule has 0 spiro atoms. The van der Waals surface area contributed by atoms with Crippen LogP contribution in [0.2, 0.25) is 0 Å². The lowest BCUT2D eigenvalue weighted by Crippen LogP contribution is -2.06. The van der Waals surface area contributed by atoms with E-state index in [1.54, 1.807) is 13.3 Å². The molecule has 0 unspecified atom stereocenters. The van der Waals surface area contributed by atoms with Crippen molar-refractivity contribution in [2.24, 2.45) is 0 Å². The number of hydrogen-bond donors (Lipinski definition) is 0. The summed E-state index contributed by atoms with van der Waals surface area (Å²) in [6, 6.07) is 2.38. The van der Waals surface area contributed by atoms with E-state index in [2.05, 4.69) is 35.3 Å². The lowest BCUT2D eigenvalue weighted by molar-refractivity contribution is 0.189. The third-order valence-corrected chi connectivity index (χ3v) is 5.25. The summed E-state index contributed by atoms with van der Waals surface area (Å²) in [5.74, 6) is 0. The van der Waals surface area contributed by atoms with Crippen LogP contribution in [0.4, 0.5) is 0 Å². The predicted octanol–water partition coefficient (Wildman–Crippen LogP) is 3.85. The Morgan fingerprint density at radius 1 is 1.00 bits per heavy atom. The van der Waals surface area contributed by atoms with E-state index in [1.165, 1.54) is 0 Å². The highest BCUT2D eigenvalue weighted by Gasteiger charge is 2.15. The van der Waals surface area contributed by atoms with Gasteiger partial charge in [-0.15, -0.1) is 0 Å². The molecular weight excluding hydrogens is 366 g/mol. The quantitative estimate of drug-likeness (QED) is 0.404. The van der Waals surface area contributed by atoms with Crippen molar-refractivity contribution in [3.05, 3.63) is 43.2 Å². The van der Waals surface area contributed by atoms with Crippen molar-refractivity contribution < 1.29 is 4.74 Å². The van der Waals surface area contributed by atoms with Crippen molar-refractivity contribution in [3.8, 4) is 22.5 Å². The van der Waals surface area contributed by atoms with Crippen molar-refractivity contribution in [3.63, 3.8) is 0 Å². The first-order valence-corrected chi connectivity index (χ1v) is 10.1. The van der Waals surface area contributed by atoms with E-state index in [0.717, 1.165) is 60.4 Å². The zero-order chi connectivity index (χ0) is 20.2. The highest BCUT2D eigenvalue weighted by Crippen LogP contribution is 2.27. The Morgan fingerprint density at radius 3 is 2.62 bits per heavy atom. The molecule has 0 saturated carbocycles. The lowest BCUT2D eigenvalue weighted by atomic mass is 10.1.